The summed E-state index contributed by atoms with van der Waals surface area (Å²) in [5, 5.41) is 0.748. The maximum atomic E-state index is 14.5. The van der Waals surface area contributed by atoms with Crippen molar-refractivity contribution in [1.29, 1.82) is 0 Å². The van der Waals surface area contributed by atoms with Crippen molar-refractivity contribution in [3.63, 3.8) is 0 Å². The van der Waals surface area contributed by atoms with Crippen molar-refractivity contribution in [3.05, 3.63) is 70.3 Å². The molecule has 0 aromatic heterocycles. The Bertz CT molecular complexity index is 1750. The average Bonchev–Trinajstić information content (AvgIpc) is 3.18. The van der Waals surface area contributed by atoms with Gasteiger partial charge in [-0.2, -0.15) is 4.36 Å². The van der Waals surface area contributed by atoms with E-state index in [1.54, 1.807) is 25.2 Å². The summed E-state index contributed by atoms with van der Waals surface area (Å²) in [7, 11) is 0.181. The lowest BCUT2D eigenvalue weighted by Crippen LogP contribution is -2.55. The molecule has 5 aliphatic rings. The van der Waals surface area contributed by atoms with Gasteiger partial charge in [-0.1, -0.05) is 36.7 Å². The molecule has 1 spiro atoms. The summed E-state index contributed by atoms with van der Waals surface area (Å²) in [4.78, 5) is 31.2. The molecule has 1 saturated carbocycles. The molecule has 0 unspecified atom stereocenters. The lowest BCUT2D eigenvalue weighted by Gasteiger charge is -2.46. The van der Waals surface area contributed by atoms with Crippen LogP contribution in [0.15, 0.2) is 52.9 Å². The van der Waals surface area contributed by atoms with Crippen LogP contribution in [0.1, 0.15) is 60.5 Å². The molecule has 2 bridgehead atoms. The number of rotatable bonds is 4. The zero-order chi connectivity index (χ0) is 34.3. The summed E-state index contributed by atoms with van der Waals surface area (Å²) in [6.45, 7) is 4.97. The van der Waals surface area contributed by atoms with Crippen LogP contribution in [0.4, 0.5) is 5.69 Å². The smallest absolute Gasteiger partial charge is 0.285 e. The normalized spacial score (nSPS) is 32.4. The predicted octanol–water partition coefficient (Wildman–Crippen LogP) is 5.92. The zero-order valence-electron chi connectivity index (χ0n) is 28.8. The van der Waals surface area contributed by atoms with Crippen LogP contribution in [0.5, 0.6) is 5.75 Å². The fourth-order valence-corrected chi connectivity index (χ4v) is 11.0. The minimum atomic E-state index is -3.22. The van der Waals surface area contributed by atoms with E-state index in [0.29, 0.717) is 43.5 Å². The Hall–Kier alpha value is -2.92. The highest BCUT2D eigenvalue weighted by molar-refractivity contribution is 7.94. The van der Waals surface area contributed by atoms with E-state index in [4.69, 9.17) is 25.8 Å². The van der Waals surface area contributed by atoms with E-state index >= 15 is 0 Å². The van der Waals surface area contributed by atoms with Gasteiger partial charge in [0.25, 0.3) is 5.91 Å². The van der Waals surface area contributed by atoms with Crippen LogP contribution in [-0.4, -0.2) is 91.6 Å². The van der Waals surface area contributed by atoms with Gasteiger partial charge < -0.3 is 24.0 Å². The molecule has 2 amide bonds. The van der Waals surface area contributed by atoms with Gasteiger partial charge in [-0.05, 0) is 97.7 Å². The number of nitrogens with zero attached hydrogens (tertiary/aromatic N) is 3. The van der Waals surface area contributed by atoms with E-state index in [9.17, 15) is 13.8 Å². The van der Waals surface area contributed by atoms with Crippen LogP contribution < -0.4 is 9.64 Å². The van der Waals surface area contributed by atoms with Crippen molar-refractivity contribution in [2.45, 2.75) is 63.1 Å². The van der Waals surface area contributed by atoms with E-state index in [0.717, 1.165) is 61.7 Å². The molecule has 2 fully saturated rings. The van der Waals surface area contributed by atoms with Gasteiger partial charge in [-0.15, -0.1) is 0 Å². The van der Waals surface area contributed by atoms with E-state index in [-0.39, 0.29) is 41.0 Å². The molecule has 11 heteroatoms. The third kappa shape index (κ3) is 7.03. The first-order valence-corrected chi connectivity index (χ1v) is 19.9. The first-order valence-electron chi connectivity index (χ1n) is 17.7. The number of amides is 2. The molecular weight excluding hydrogens is 662 g/mol. The molecule has 0 radical (unpaired) electrons. The number of halogens is 1. The van der Waals surface area contributed by atoms with Crippen molar-refractivity contribution < 1.29 is 28.0 Å². The minimum Gasteiger partial charge on any atom is -0.490 e. The first kappa shape index (κ1) is 34.5. The molecule has 3 aliphatic heterocycles. The molecule has 7 rings (SSSR count). The third-order valence-electron chi connectivity index (χ3n) is 11.5. The van der Waals surface area contributed by atoms with Gasteiger partial charge >= 0.3 is 0 Å². The van der Waals surface area contributed by atoms with Gasteiger partial charge in [0, 0.05) is 62.2 Å². The van der Waals surface area contributed by atoms with Gasteiger partial charge in [-0.25, -0.2) is 4.21 Å². The number of anilines is 1. The first-order chi connectivity index (χ1) is 23.6. The van der Waals surface area contributed by atoms with Gasteiger partial charge in [0.2, 0.25) is 5.91 Å². The Morgan fingerprint density at radius 1 is 1.12 bits per heavy atom. The third-order valence-corrected chi connectivity index (χ3v) is 14.0. The Morgan fingerprint density at radius 2 is 1.96 bits per heavy atom. The number of aryl methyl sites for hydroxylation is 1. The molecule has 2 aromatic carbocycles. The number of carbonyl (C=O) groups is 2. The number of methoxy groups -OCH3 is 2. The van der Waals surface area contributed by atoms with Gasteiger partial charge in [0.15, 0.2) is 0 Å². The zero-order valence-corrected chi connectivity index (χ0v) is 30.3. The molecule has 2 aromatic rings. The largest absolute Gasteiger partial charge is 0.490 e. The molecular formula is C38H48ClN3O6S. The lowest BCUT2D eigenvalue weighted by molar-refractivity contribution is -0.140. The maximum Gasteiger partial charge on any atom is 0.285 e. The highest BCUT2D eigenvalue weighted by atomic mass is 35.5. The van der Waals surface area contributed by atoms with Crippen molar-refractivity contribution >= 4 is 38.8 Å². The summed E-state index contributed by atoms with van der Waals surface area (Å²) in [6, 6.07) is 11.7. The van der Waals surface area contributed by atoms with E-state index in [1.807, 2.05) is 25.1 Å². The number of allylic oxidation sites excluding steroid dienone is 1. The maximum absolute atomic E-state index is 14.5. The fourth-order valence-electron chi connectivity index (χ4n) is 8.55. The van der Waals surface area contributed by atoms with Gasteiger partial charge in [-0.3, -0.25) is 9.59 Å². The van der Waals surface area contributed by atoms with Crippen LogP contribution in [0.2, 0.25) is 5.02 Å². The summed E-state index contributed by atoms with van der Waals surface area (Å²) in [5.74, 6) is 0.466. The quantitative estimate of drug-likeness (QED) is 0.364. The lowest BCUT2D eigenvalue weighted by atomic mass is 9.68. The Balaban J connectivity index is 1.28. The van der Waals surface area contributed by atoms with Crippen LogP contribution in [0.25, 0.3) is 0 Å². The highest BCUT2D eigenvalue weighted by Crippen LogP contribution is 2.47. The van der Waals surface area contributed by atoms with E-state index in [2.05, 4.69) is 33.5 Å². The number of ether oxygens (including phenoxy) is 3. The average molecular weight is 710 g/mol. The molecule has 0 N–H and O–H groups in total. The molecule has 49 heavy (non-hydrogen) atoms. The number of fused-ring (bicyclic) bond motifs is 4. The minimum absolute atomic E-state index is 0.0195. The van der Waals surface area contributed by atoms with Crippen molar-refractivity contribution in [1.82, 2.24) is 4.90 Å². The topological polar surface area (TPSA) is 97.7 Å². The predicted molar refractivity (Wildman–Crippen MR) is 192 cm³/mol. The SMILES string of the molecule is COC1CN(C(=O)C[S@@]2(=O)=NC(=O)c3ccc4c(c3)N(C[C@@H]3CC[C@H]3[C@@H](OC)/C=C/C[C@H](C)C2)C[C@@]2(CCCc3cc(Cl)ccc32)CO4)C1. The van der Waals surface area contributed by atoms with Crippen LogP contribution >= 0.6 is 11.6 Å². The summed E-state index contributed by atoms with van der Waals surface area (Å²) < 4.78 is 36.9. The summed E-state index contributed by atoms with van der Waals surface area (Å²) in [6.07, 6.45) is 10.1. The molecule has 9 nitrogen and oxygen atoms in total. The monoisotopic (exact) mass is 709 g/mol. The second-order valence-electron chi connectivity index (χ2n) is 14.9. The van der Waals surface area contributed by atoms with Crippen LogP contribution in [-0.2, 0) is 35.8 Å². The van der Waals surface area contributed by atoms with Gasteiger partial charge in [0.1, 0.15) is 11.5 Å². The molecule has 2 aliphatic carbocycles. The second kappa shape index (κ2) is 14.0. The number of benzene rings is 2. The van der Waals surface area contributed by atoms with Crippen LogP contribution in [0.3, 0.4) is 0 Å². The van der Waals surface area contributed by atoms with E-state index in [1.165, 1.54) is 11.1 Å². The van der Waals surface area contributed by atoms with Crippen molar-refractivity contribution in [2.75, 3.05) is 63.4 Å². The Labute approximate surface area is 295 Å². The van der Waals surface area contributed by atoms with E-state index < -0.39 is 15.6 Å². The number of carbonyl (C=O) groups excluding carboxylic acids is 2. The number of hydrogen-bond donors (Lipinski definition) is 0. The molecule has 6 atom stereocenters. The summed E-state index contributed by atoms with van der Waals surface area (Å²) in [5.41, 5.74) is 3.52. The van der Waals surface area contributed by atoms with Crippen molar-refractivity contribution in [3.8, 4) is 5.75 Å². The Morgan fingerprint density at radius 3 is 2.71 bits per heavy atom. The number of likely N-dealkylation sites (tertiary alicyclic amines) is 1. The summed E-state index contributed by atoms with van der Waals surface area (Å²) >= 11 is 6.45. The second-order valence-corrected chi connectivity index (χ2v) is 17.7. The van der Waals surface area contributed by atoms with Crippen molar-refractivity contribution in [2.24, 2.45) is 22.1 Å². The fraction of sp³-hybridized carbons (Fsp3) is 0.579. The molecule has 3 heterocycles. The highest BCUT2D eigenvalue weighted by Gasteiger charge is 2.44. The number of hydrogen-bond acceptors (Lipinski definition) is 7. The molecule has 264 valence electrons. The van der Waals surface area contributed by atoms with Crippen LogP contribution in [0, 0.1) is 17.8 Å². The Kier molecular flexibility index (Phi) is 9.87. The standard InChI is InChI=1S/C38H48ClN3O6S/c1-25-6-4-8-34(47-3)31-12-9-28(31)18-42-23-38(15-5-7-26-16-29(39)11-13-32(26)38)24-48-35-14-10-27(17-33(35)42)37(44)40-49(45,21-25)22-36(43)41-19-30(20-41)46-2/h4,8,10-11,13-14,16-17,25,28,30-31,34H,5-7,9,12,15,18-24H2,1-3H3/b8-4+/t25-,28-,31+,34-,38-,49+/m0/s1. The van der Waals surface area contributed by atoms with Gasteiger partial charge in [0.05, 0.1) is 34.2 Å². The molecule has 1 saturated heterocycles.